The minimum absolute atomic E-state index is 0.113. The highest BCUT2D eigenvalue weighted by atomic mass is 16.1. The third-order valence-corrected chi connectivity index (χ3v) is 2.31. The summed E-state index contributed by atoms with van der Waals surface area (Å²) in [5.74, 6) is 0.113. The minimum atomic E-state index is 0.113. The molecule has 0 aromatic heterocycles. The van der Waals surface area contributed by atoms with Crippen LogP contribution in [0.15, 0.2) is 11.6 Å². The van der Waals surface area contributed by atoms with Crippen molar-refractivity contribution in [2.75, 3.05) is 0 Å². The van der Waals surface area contributed by atoms with Gasteiger partial charge in [-0.25, -0.2) is 0 Å². The first-order valence-electron chi connectivity index (χ1n) is 4.71. The molecule has 0 unspecified atom stereocenters. The van der Waals surface area contributed by atoms with Crippen LogP contribution in [0.4, 0.5) is 0 Å². The second-order valence-electron chi connectivity index (χ2n) is 3.40. The maximum atomic E-state index is 11.4. The van der Waals surface area contributed by atoms with Crippen molar-refractivity contribution in [3.05, 3.63) is 11.6 Å². The zero-order valence-electron chi connectivity index (χ0n) is 7.89. The fraction of sp³-hybridized carbons (Fsp3) is 0.700. The van der Waals surface area contributed by atoms with Gasteiger partial charge in [-0.2, -0.15) is 0 Å². The fourth-order valence-electron chi connectivity index (χ4n) is 1.25. The van der Waals surface area contributed by atoms with Crippen molar-refractivity contribution in [3.8, 4) is 0 Å². The van der Waals surface area contributed by atoms with Crippen molar-refractivity contribution in [2.24, 2.45) is 0 Å². The Bertz CT molecular complexity index is 192. The molecule has 2 heteroatoms. The molecule has 0 atom stereocenters. The summed E-state index contributed by atoms with van der Waals surface area (Å²) in [4.78, 5) is 11.4. The number of allylic oxidation sites excluding steroid dienone is 1. The van der Waals surface area contributed by atoms with Crippen LogP contribution in [0.5, 0.6) is 0 Å². The molecular formula is C10H17NO. The molecule has 0 bridgehead atoms. The summed E-state index contributed by atoms with van der Waals surface area (Å²) in [7, 11) is 0. The van der Waals surface area contributed by atoms with E-state index in [1.165, 1.54) is 6.42 Å². The summed E-state index contributed by atoms with van der Waals surface area (Å²) in [5, 5.41) is 2.99. The molecule has 1 aliphatic rings. The third kappa shape index (κ3) is 2.36. The molecular weight excluding hydrogens is 150 g/mol. The number of carbonyl (C=O) groups is 1. The van der Waals surface area contributed by atoms with E-state index in [9.17, 15) is 4.79 Å². The molecule has 0 heterocycles. The van der Waals surface area contributed by atoms with Gasteiger partial charge in [-0.3, -0.25) is 4.79 Å². The molecule has 0 aromatic carbocycles. The van der Waals surface area contributed by atoms with E-state index in [4.69, 9.17) is 0 Å². The van der Waals surface area contributed by atoms with E-state index < -0.39 is 0 Å². The smallest absolute Gasteiger partial charge is 0.246 e. The van der Waals surface area contributed by atoms with Crippen LogP contribution in [0.1, 0.15) is 39.5 Å². The maximum absolute atomic E-state index is 11.4. The van der Waals surface area contributed by atoms with Gasteiger partial charge in [0.15, 0.2) is 0 Å². The Morgan fingerprint density at radius 2 is 2.25 bits per heavy atom. The molecule has 1 saturated carbocycles. The largest absolute Gasteiger partial charge is 0.350 e. The summed E-state index contributed by atoms with van der Waals surface area (Å²) in [5.41, 5.74) is 0.851. The van der Waals surface area contributed by atoms with Crippen molar-refractivity contribution in [2.45, 2.75) is 45.6 Å². The zero-order valence-corrected chi connectivity index (χ0v) is 7.89. The summed E-state index contributed by atoms with van der Waals surface area (Å²) >= 11 is 0. The summed E-state index contributed by atoms with van der Waals surface area (Å²) < 4.78 is 0. The van der Waals surface area contributed by atoms with Crippen LogP contribution in [0, 0.1) is 0 Å². The lowest BCUT2D eigenvalue weighted by Crippen LogP contribution is -2.39. The lowest BCUT2D eigenvalue weighted by atomic mass is 9.93. The number of hydrogen-bond acceptors (Lipinski definition) is 1. The van der Waals surface area contributed by atoms with E-state index in [-0.39, 0.29) is 5.91 Å². The Morgan fingerprint density at radius 3 is 2.67 bits per heavy atom. The number of hydrogen-bond donors (Lipinski definition) is 1. The van der Waals surface area contributed by atoms with Crippen molar-refractivity contribution in [1.29, 1.82) is 0 Å². The van der Waals surface area contributed by atoms with Crippen LogP contribution < -0.4 is 5.32 Å². The summed E-state index contributed by atoms with van der Waals surface area (Å²) in [6, 6.07) is 0.456. The summed E-state index contributed by atoms with van der Waals surface area (Å²) in [6.07, 6.45) is 6.48. The van der Waals surface area contributed by atoms with E-state index in [1.807, 2.05) is 19.9 Å². The average Bonchev–Trinajstić information content (AvgIpc) is 1.97. The first-order chi connectivity index (χ1) is 5.74. The van der Waals surface area contributed by atoms with E-state index in [1.54, 1.807) is 0 Å². The van der Waals surface area contributed by atoms with Gasteiger partial charge in [0, 0.05) is 11.6 Å². The fourth-order valence-corrected chi connectivity index (χ4v) is 1.25. The molecule has 68 valence electrons. The Kier molecular flexibility index (Phi) is 3.32. The quantitative estimate of drug-likeness (QED) is 0.640. The molecule has 2 nitrogen and oxygen atoms in total. The molecule has 1 amide bonds. The van der Waals surface area contributed by atoms with Gasteiger partial charge in [-0.15, -0.1) is 0 Å². The van der Waals surface area contributed by atoms with E-state index in [2.05, 4.69) is 5.32 Å². The van der Waals surface area contributed by atoms with Crippen molar-refractivity contribution >= 4 is 5.91 Å². The van der Waals surface area contributed by atoms with E-state index in [0.29, 0.717) is 6.04 Å². The van der Waals surface area contributed by atoms with Gasteiger partial charge in [0.1, 0.15) is 0 Å². The highest BCUT2D eigenvalue weighted by Gasteiger charge is 2.19. The van der Waals surface area contributed by atoms with Crippen LogP contribution >= 0.6 is 0 Å². The highest BCUT2D eigenvalue weighted by molar-refractivity contribution is 5.92. The number of carbonyl (C=O) groups excluding carboxylic acids is 1. The molecule has 0 radical (unpaired) electrons. The van der Waals surface area contributed by atoms with Gasteiger partial charge in [0.2, 0.25) is 5.91 Å². The summed E-state index contributed by atoms with van der Waals surface area (Å²) in [6.45, 7) is 3.91. The molecule has 0 spiro atoms. The van der Waals surface area contributed by atoms with Crippen LogP contribution in [0.25, 0.3) is 0 Å². The predicted molar refractivity (Wildman–Crippen MR) is 49.8 cm³/mol. The Hall–Kier alpha value is -0.790. The van der Waals surface area contributed by atoms with Crippen LogP contribution in [-0.4, -0.2) is 11.9 Å². The van der Waals surface area contributed by atoms with Crippen molar-refractivity contribution in [3.63, 3.8) is 0 Å². The van der Waals surface area contributed by atoms with Gasteiger partial charge in [0.05, 0.1) is 0 Å². The molecule has 0 aliphatic heterocycles. The van der Waals surface area contributed by atoms with Gasteiger partial charge < -0.3 is 5.32 Å². The zero-order chi connectivity index (χ0) is 8.97. The van der Waals surface area contributed by atoms with Crippen LogP contribution in [0.2, 0.25) is 0 Å². The second kappa shape index (κ2) is 4.29. The monoisotopic (exact) mass is 167 g/mol. The second-order valence-corrected chi connectivity index (χ2v) is 3.40. The van der Waals surface area contributed by atoms with Gasteiger partial charge in [0.25, 0.3) is 0 Å². The Morgan fingerprint density at radius 1 is 1.58 bits per heavy atom. The number of nitrogens with one attached hydrogen (secondary N) is 1. The first kappa shape index (κ1) is 9.30. The lowest BCUT2D eigenvalue weighted by molar-refractivity contribution is -0.118. The molecule has 1 fully saturated rings. The molecule has 0 aromatic rings. The van der Waals surface area contributed by atoms with Gasteiger partial charge in [-0.1, -0.05) is 13.0 Å². The molecule has 1 rings (SSSR count). The van der Waals surface area contributed by atoms with Crippen molar-refractivity contribution in [1.82, 2.24) is 5.32 Å². The minimum Gasteiger partial charge on any atom is -0.350 e. The molecule has 12 heavy (non-hydrogen) atoms. The van der Waals surface area contributed by atoms with Crippen LogP contribution in [0.3, 0.4) is 0 Å². The molecule has 0 saturated heterocycles. The normalized spacial score (nSPS) is 18.7. The van der Waals surface area contributed by atoms with Crippen molar-refractivity contribution < 1.29 is 4.79 Å². The Balaban J connectivity index is 2.31. The average molecular weight is 167 g/mol. The topological polar surface area (TPSA) is 29.1 Å². The van der Waals surface area contributed by atoms with Gasteiger partial charge in [-0.05, 0) is 32.6 Å². The van der Waals surface area contributed by atoms with E-state index in [0.717, 1.165) is 24.8 Å². The number of amides is 1. The highest BCUT2D eigenvalue weighted by Crippen LogP contribution is 2.18. The molecule has 1 aliphatic carbocycles. The predicted octanol–water partition coefficient (Wildman–Crippen LogP) is 2.01. The first-order valence-corrected chi connectivity index (χ1v) is 4.71. The Labute approximate surface area is 74.0 Å². The van der Waals surface area contributed by atoms with Gasteiger partial charge >= 0.3 is 0 Å². The SMILES string of the molecule is CC/C=C(/C)C(=O)NC1CCC1. The third-order valence-electron chi connectivity index (χ3n) is 2.31. The van der Waals surface area contributed by atoms with E-state index >= 15 is 0 Å². The van der Waals surface area contributed by atoms with Crippen LogP contribution in [-0.2, 0) is 4.79 Å². The molecule has 1 N–H and O–H groups in total. The standard InChI is InChI=1S/C10H17NO/c1-3-5-8(2)10(12)11-9-6-4-7-9/h5,9H,3-4,6-7H2,1-2H3,(H,11,12)/b8-5-. The number of rotatable bonds is 3. The maximum Gasteiger partial charge on any atom is 0.246 e. The lowest BCUT2D eigenvalue weighted by Gasteiger charge is -2.26.